The van der Waals surface area contributed by atoms with E-state index >= 15 is 0 Å². The molecule has 1 rings (SSSR count). The molecule has 0 saturated heterocycles. The first-order valence-electron chi connectivity index (χ1n) is 13.7. The molecule has 1 aromatic carbocycles. The van der Waals surface area contributed by atoms with Crippen LogP contribution in [-0.2, 0) is 14.3 Å². The van der Waals surface area contributed by atoms with Crippen LogP contribution in [0.2, 0.25) is 0 Å². The molecule has 0 spiro atoms. The Bertz CT molecular complexity index is 649. The Kier molecular flexibility index (Phi) is 19.7. The van der Waals surface area contributed by atoms with Gasteiger partial charge in [-0.2, -0.15) is 0 Å². The molecule has 0 heterocycles. The Labute approximate surface area is 212 Å². The molecule has 0 aromatic heterocycles. The molecule has 0 aliphatic heterocycles. The number of hydrogen-bond acceptors (Lipinski definition) is 6. The fourth-order valence-electron chi connectivity index (χ4n) is 3.91. The van der Waals surface area contributed by atoms with Crippen molar-refractivity contribution in [3.63, 3.8) is 0 Å². The Hall–Kier alpha value is -2.15. The highest BCUT2D eigenvalue weighted by atomic mass is 16.6. The number of carbonyl (C=O) groups is 1. The van der Waals surface area contributed by atoms with E-state index in [4.69, 9.17) is 14.2 Å². The third-order valence-electron chi connectivity index (χ3n) is 6.02. The minimum absolute atomic E-state index is 0.0276. The van der Waals surface area contributed by atoms with Crippen LogP contribution < -0.4 is 4.74 Å². The fraction of sp³-hybridized carbons (Fsp3) is 0.750. The molecule has 0 N–H and O–H groups in total. The largest absolute Gasteiger partial charge is 0.491 e. The highest BCUT2D eigenvalue weighted by Gasteiger charge is 2.05. The van der Waals surface area contributed by atoms with Gasteiger partial charge in [-0.05, 0) is 18.6 Å². The van der Waals surface area contributed by atoms with Crippen LogP contribution in [0.5, 0.6) is 5.75 Å². The first-order chi connectivity index (χ1) is 17.1. The van der Waals surface area contributed by atoms with E-state index in [2.05, 4.69) is 6.92 Å². The number of benzene rings is 1. The summed E-state index contributed by atoms with van der Waals surface area (Å²) in [6, 6.07) is 5.90. The predicted octanol–water partition coefficient (Wildman–Crippen LogP) is 7.79. The summed E-state index contributed by atoms with van der Waals surface area (Å²) in [6.07, 6.45) is 20.1. The minimum Gasteiger partial charge on any atom is -0.491 e. The molecule has 0 unspecified atom stereocenters. The number of nitrogens with zero attached hydrogens (tertiary/aromatic N) is 1. The maximum Gasteiger partial charge on any atom is 0.305 e. The lowest BCUT2D eigenvalue weighted by atomic mass is 10.0. The van der Waals surface area contributed by atoms with Gasteiger partial charge in [-0.25, -0.2) is 0 Å². The Balaban J connectivity index is 1.79. The number of non-ortho nitro benzene ring substituents is 1. The van der Waals surface area contributed by atoms with Gasteiger partial charge in [0.25, 0.3) is 5.69 Å². The smallest absolute Gasteiger partial charge is 0.305 e. The van der Waals surface area contributed by atoms with Crippen molar-refractivity contribution in [3.8, 4) is 5.75 Å². The third kappa shape index (κ3) is 18.8. The van der Waals surface area contributed by atoms with E-state index in [-0.39, 0.29) is 18.3 Å². The van der Waals surface area contributed by atoms with E-state index < -0.39 is 4.92 Å². The summed E-state index contributed by atoms with van der Waals surface area (Å²) in [5.74, 6) is 0.388. The van der Waals surface area contributed by atoms with Crippen molar-refractivity contribution in [1.29, 1.82) is 0 Å². The number of esters is 1. The van der Waals surface area contributed by atoms with Crippen molar-refractivity contribution >= 4 is 11.7 Å². The Morgan fingerprint density at radius 2 is 1.20 bits per heavy atom. The summed E-state index contributed by atoms with van der Waals surface area (Å²) < 4.78 is 16.0. The van der Waals surface area contributed by atoms with Gasteiger partial charge in [0.2, 0.25) is 0 Å². The van der Waals surface area contributed by atoms with Gasteiger partial charge in [0, 0.05) is 18.6 Å². The molecule has 200 valence electrons. The average Bonchev–Trinajstić information content (AvgIpc) is 2.86. The van der Waals surface area contributed by atoms with Crippen LogP contribution in [0.1, 0.15) is 110 Å². The standard InChI is InChI=1S/C28H47NO6/c1-2-3-4-5-6-7-8-9-10-11-12-13-14-15-16-17-28(30)35-25-23-33-22-24-34-27-20-18-26(19-21-27)29(31)32/h18-21H,2-17,22-25H2,1H3. The minimum atomic E-state index is -0.450. The van der Waals surface area contributed by atoms with Gasteiger partial charge >= 0.3 is 5.97 Å². The lowest BCUT2D eigenvalue weighted by molar-refractivity contribution is -0.384. The van der Waals surface area contributed by atoms with E-state index in [1.54, 1.807) is 12.1 Å². The predicted molar refractivity (Wildman–Crippen MR) is 140 cm³/mol. The van der Waals surface area contributed by atoms with Crippen LogP contribution in [0.15, 0.2) is 24.3 Å². The van der Waals surface area contributed by atoms with Crippen LogP contribution in [0.25, 0.3) is 0 Å². The summed E-state index contributed by atoms with van der Waals surface area (Å²) in [7, 11) is 0. The lowest BCUT2D eigenvalue weighted by Gasteiger charge is -2.08. The second kappa shape index (κ2) is 22.3. The molecule has 35 heavy (non-hydrogen) atoms. The molecule has 0 amide bonds. The lowest BCUT2D eigenvalue weighted by Crippen LogP contribution is -2.13. The van der Waals surface area contributed by atoms with Crippen molar-refractivity contribution in [3.05, 3.63) is 34.4 Å². The third-order valence-corrected chi connectivity index (χ3v) is 6.02. The van der Waals surface area contributed by atoms with Crippen molar-refractivity contribution in [2.24, 2.45) is 0 Å². The van der Waals surface area contributed by atoms with Crippen molar-refractivity contribution < 1.29 is 23.9 Å². The normalized spacial score (nSPS) is 10.9. The highest BCUT2D eigenvalue weighted by molar-refractivity contribution is 5.69. The number of ether oxygens (including phenoxy) is 3. The molecule has 0 aliphatic rings. The zero-order valence-corrected chi connectivity index (χ0v) is 21.8. The van der Waals surface area contributed by atoms with Crippen molar-refractivity contribution in [1.82, 2.24) is 0 Å². The maximum absolute atomic E-state index is 11.8. The number of carbonyl (C=O) groups excluding carboxylic acids is 1. The number of hydrogen-bond donors (Lipinski definition) is 0. The maximum atomic E-state index is 11.8. The first kappa shape index (κ1) is 30.9. The molecule has 0 fully saturated rings. The highest BCUT2D eigenvalue weighted by Crippen LogP contribution is 2.17. The van der Waals surface area contributed by atoms with Crippen molar-refractivity contribution in [2.45, 2.75) is 110 Å². The summed E-state index contributed by atoms with van der Waals surface area (Å²) in [6.45, 7) is 3.52. The first-order valence-corrected chi connectivity index (χ1v) is 13.7. The van der Waals surface area contributed by atoms with Crippen LogP contribution in [0.3, 0.4) is 0 Å². The monoisotopic (exact) mass is 493 g/mol. The Morgan fingerprint density at radius 1 is 0.714 bits per heavy atom. The van der Waals surface area contributed by atoms with E-state index in [9.17, 15) is 14.9 Å². The second-order valence-corrected chi connectivity index (χ2v) is 9.13. The van der Waals surface area contributed by atoms with Crippen LogP contribution in [0, 0.1) is 10.1 Å². The molecule has 1 aromatic rings. The molecule has 0 radical (unpaired) electrons. The van der Waals surface area contributed by atoms with E-state index in [1.165, 1.54) is 95.6 Å². The van der Waals surface area contributed by atoms with Crippen LogP contribution >= 0.6 is 0 Å². The van der Waals surface area contributed by atoms with Crippen molar-refractivity contribution in [2.75, 3.05) is 26.4 Å². The molecule has 7 heteroatoms. The molecule has 0 atom stereocenters. The Morgan fingerprint density at radius 3 is 1.71 bits per heavy atom. The number of unbranched alkanes of at least 4 members (excludes halogenated alkanes) is 14. The van der Waals surface area contributed by atoms with Gasteiger partial charge in [-0.1, -0.05) is 96.8 Å². The fourth-order valence-corrected chi connectivity index (χ4v) is 3.91. The number of nitro groups is 1. The van der Waals surface area contributed by atoms with Crippen LogP contribution in [-0.4, -0.2) is 37.3 Å². The molecule has 0 saturated carbocycles. The summed E-state index contributed by atoms with van der Waals surface area (Å²) >= 11 is 0. The zero-order chi connectivity index (χ0) is 25.4. The van der Waals surface area contributed by atoms with E-state index in [1.807, 2.05) is 0 Å². The van der Waals surface area contributed by atoms with Gasteiger partial charge in [0.05, 0.1) is 18.1 Å². The van der Waals surface area contributed by atoms with E-state index in [0.29, 0.717) is 32.0 Å². The van der Waals surface area contributed by atoms with Gasteiger partial charge in [-0.3, -0.25) is 14.9 Å². The molecular weight excluding hydrogens is 446 g/mol. The van der Waals surface area contributed by atoms with Gasteiger partial charge in [-0.15, -0.1) is 0 Å². The summed E-state index contributed by atoms with van der Waals surface area (Å²) in [4.78, 5) is 21.9. The zero-order valence-electron chi connectivity index (χ0n) is 21.8. The number of nitro benzene ring substituents is 1. The van der Waals surface area contributed by atoms with Gasteiger partial charge in [0.1, 0.15) is 19.0 Å². The quantitative estimate of drug-likeness (QED) is 0.0632. The summed E-state index contributed by atoms with van der Waals surface area (Å²) in [5.41, 5.74) is 0.0276. The average molecular weight is 494 g/mol. The summed E-state index contributed by atoms with van der Waals surface area (Å²) in [5, 5.41) is 10.6. The second-order valence-electron chi connectivity index (χ2n) is 9.13. The van der Waals surface area contributed by atoms with Gasteiger partial charge in [0.15, 0.2) is 0 Å². The van der Waals surface area contributed by atoms with E-state index in [0.717, 1.165) is 12.8 Å². The number of rotatable bonds is 24. The topological polar surface area (TPSA) is 87.9 Å². The molecule has 0 aliphatic carbocycles. The van der Waals surface area contributed by atoms with Crippen LogP contribution in [0.4, 0.5) is 5.69 Å². The SMILES string of the molecule is CCCCCCCCCCCCCCCCCC(=O)OCCOCCOc1ccc([N+](=O)[O-])cc1. The molecule has 7 nitrogen and oxygen atoms in total. The van der Waals surface area contributed by atoms with Gasteiger partial charge < -0.3 is 14.2 Å². The molecular formula is C28H47NO6. The molecule has 0 bridgehead atoms.